The van der Waals surface area contributed by atoms with Crippen molar-refractivity contribution < 1.29 is 9.53 Å². The van der Waals surface area contributed by atoms with Gasteiger partial charge in [0.2, 0.25) is 0 Å². The summed E-state index contributed by atoms with van der Waals surface area (Å²) in [6.07, 6.45) is 2.80. The standard InChI is InChI=1S/C14H16BrN3O2/c1-9(13-16-7-8-17-13)18-14(19)10(2)20-12-5-3-11(15)4-6-12/h3-10H,1-2H3,(H,16,17)(H,18,19). The summed E-state index contributed by atoms with van der Waals surface area (Å²) in [6.45, 7) is 3.58. The van der Waals surface area contributed by atoms with Crippen LogP contribution in [0.2, 0.25) is 0 Å². The second-order valence-electron chi connectivity index (χ2n) is 4.42. The number of aromatic nitrogens is 2. The highest BCUT2D eigenvalue weighted by Gasteiger charge is 2.18. The SMILES string of the molecule is CC(Oc1ccc(Br)cc1)C(=O)NC(C)c1ncc[nH]1. The Balaban J connectivity index is 1.90. The fraction of sp³-hybridized carbons (Fsp3) is 0.286. The summed E-state index contributed by atoms with van der Waals surface area (Å²) in [7, 11) is 0. The number of amides is 1. The summed E-state index contributed by atoms with van der Waals surface area (Å²) in [5, 5.41) is 2.85. The molecule has 0 bridgehead atoms. The Morgan fingerprint density at radius 2 is 2.05 bits per heavy atom. The van der Waals surface area contributed by atoms with Gasteiger partial charge in [-0.3, -0.25) is 4.79 Å². The fourth-order valence-electron chi connectivity index (χ4n) is 1.68. The molecule has 1 amide bonds. The topological polar surface area (TPSA) is 67.0 Å². The first-order valence-corrected chi connectivity index (χ1v) is 7.07. The van der Waals surface area contributed by atoms with Gasteiger partial charge >= 0.3 is 0 Å². The van der Waals surface area contributed by atoms with E-state index in [0.29, 0.717) is 11.6 Å². The minimum absolute atomic E-state index is 0.184. The smallest absolute Gasteiger partial charge is 0.261 e. The molecule has 0 saturated carbocycles. The van der Waals surface area contributed by atoms with E-state index in [2.05, 4.69) is 31.2 Å². The van der Waals surface area contributed by atoms with Crippen molar-refractivity contribution in [3.8, 4) is 5.75 Å². The van der Waals surface area contributed by atoms with Crippen LogP contribution in [0, 0.1) is 0 Å². The first-order valence-electron chi connectivity index (χ1n) is 6.28. The zero-order valence-corrected chi connectivity index (χ0v) is 12.8. The molecule has 2 atom stereocenters. The fourth-order valence-corrected chi connectivity index (χ4v) is 1.95. The molecule has 2 rings (SSSR count). The molecule has 2 unspecified atom stereocenters. The van der Waals surface area contributed by atoms with Crippen molar-refractivity contribution >= 4 is 21.8 Å². The quantitative estimate of drug-likeness (QED) is 0.881. The minimum Gasteiger partial charge on any atom is -0.481 e. The molecule has 0 aliphatic rings. The van der Waals surface area contributed by atoms with Crippen molar-refractivity contribution in [3.05, 3.63) is 47.0 Å². The van der Waals surface area contributed by atoms with Crippen molar-refractivity contribution in [2.45, 2.75) is 26.0 Å². The maximum absolute atomic E-state index is 12.0. The third kappa shape index (κ3) is 3.84. The number of benzene rings is 1. The Kier molecular flexibility index (Phi) is 4.79. The molecular formula is C14H16BrN3O2. The first-order chi connectivity index (χ1) is 9.56. The van der Waals surface area contributed by atoms with Gasteiger partial charge in [0.1, 0.15) is 11.6 Å². The second-order valence-corrected chi connectivity index (χ2v) is 5.33. The first kappa shape index (κ1) is 14.6. The Labute approximate surface area is 125 Å². The van der Waals surface area contributed by atoms with Gasteiger partial charge in [0.25, 0.3) is 5.91 Å². The van der Waals surface area contributed by atoms with Crippen LogP contribution in [0.1, 0.15) is 25.7 Å². The van der Waals surface area contributed by atoms with Crippen LogP contribution in [-0.4, -0.2) is 22.0 Å². The van der Waals surface area contributed by atoms with E-state index in [9.17, 15) is 4.79 Å². The normalized spacial score (nSPS) is 13.6. The zero-order chi connectivity index (χ0) is 14.5. The van der Waals surface area contributed by atoms with E-state index >= 15 is 0 Å². The van der Waals surface area contributed by atoms with Crippen LogP contribution in [0.5, 0.6) is 5.75 Å². The third-order valence-electron chi connectivity index (χ3n) is 2.78. The van der Waals surface area contributed by atoms with Crippen LogP contribution in [0.4, 0.5) is 0 Å². The van der Waals surface area contributed by atoms with Gasteiger partial charge in [-0.25, -0.2) is 4.98 Å². The lowest BCUT2D eigenvalue weighted by atomic mass is 10.2. The van der Waals surface area contributed by atoms with Gasteiger partial charge < -0.3 is 15.0 Å². The molecule has 106 valence electrons. The van der Waals surface area contributed by atoms with Crippen molar-refractivity contribution in [2.75, 3.05) is 0 Å². The summed E-state index contributed by atoms with van der Waals surface area (Å²) in [4.78, 5) is 19.1. The molecule has 1 aromatic heterocycles. The highest BCUT2D eigenvalue weighted by molar-refractivity contribution is 9.10. The van der Waals surface area contributed by atoms with E-state index in [4.69, 9.17) is 4.74 Å². The number of aromatic amines is 1. The number of nitrogens with zero attached hydrogens (tertiary/aromatic N) is 1. The largest absolute Gasteiger partial charge is 0.481 e. The Bertz CT molecular complexity index is 554. The van der Waals surface area contributed by atoms with Crippen LogP contribution < -0.4 is 10.1 Å². The summed E-state index contributed by atoms with van der Waals surface area (Å²) in [6, 6.07) is 7.17. The molecular weight excluding hydrogens is 322 g/mol. The van der Waals surface area contributed by atoms with E-state index in [0.717, 1.165) is 4.47 Å². The summed E-state index contributed by atoms with van der Waals surface area (Å²) in [5.41, 5.74) is 0. The number of hydrogen-bond donors (Lipinski definition) is 2. The summed E-state index contributed by atoms with van der Waals surface area (Å²) >= 11 is 3.35. The molecule has 2 aromatic rings. The summed E-state index contributed by atoms with van der Waals surface area (Å²) in [5.74, 6) is 1.19. The summed E-state index contributed by atoms with van der Waals surface area (Å²) < 4.78 is 6.55. The van der Waals surface area contributed by atoms with Gasteiger partial charge in [-0.15, -0.1) is 0 Å². The number of imidazole rings is 1. The average molecular weight is 338 g/mol. The van der Waals surface area contributed by atoms with E-state index in [1.807, 2.05) is 31.2 Å². The third-order valence-corrected chi connectivity index (χ3v) is 3.31. The van der Waals surface area contributed by atoms with Gasteiger partial charge in [0, 0.05) is 16.9 Å². The highest BCUT2D eigenvalue weighted by atomic mass is 79.9. The molecule has 1 heterocycles. The molecule has 0 aliphatic heterocycles. The van der Waals surface area contributed by atoms with Crippen LogP contribution in [-0.2, 0) is 4.79 Å². The molecule has 6 heteroatoms. The van der Waals surface area contributed by atoms with Crippen molar-refractivity contribution in [2.24, 2.45) is 0 Å². The van der Waals surface area contributed by atoms with E-state index in [1.165, 1.54) is 0 Å². The predicted molar refractivity (Wildman–Crippen MR) is 79.4 cm³/mol. The molecule has 0 radical (unpaired) electrons. The lowest BCUT2D eigenvalue weighted by molar-refractivity contribution is -0.128. The van der Waals surface area contributed by atoms with Gasteiger partial charge in [0.05, 0.1) is 6.04 Å². The number of carbonyl (C=O) groups is 1. The van der Waals surface area contributed by atoms with Gasteiger partial charge in [-0.2, -0.15) is 0 Å². The second kappa shape index (κ2) is 6.56. The number of ether oxygens (including phenoxy) is 1. The van der Waals surface area contributed by atoms with Crippen LogP contribution in [0.15, 0.2) is 41.1 Å². The molecule has 20 heavy (non-hydrogen) atoms. The highest BCUT2D eigenvalue weighted by Crippen LogP contribution is 2.17. The minimum atomic E-state index is -0.575. The molecule has 0 spiro atoms. The zero-order valence-electron chi connectivity index (χ0n) is 11.3. The Morgan fingerprint density at radius 1 is 1.35 bits per heavy atom. The number of carbonyl (C=O) groups excluding carboxylic acids is 1. The Hall–Kier alpha value is -1.82. The van der Waals surface area contributed by atoms with Crippen LogP contribution >= 0.6 is 15.9 Å². The van der Waals surface area contributed by atoms with Gasteiger partial charge in [-0.1, -0.05) is 15.9 Å². The van der Waals surface area contributed by atoms with Crippen LogP contribution in [0.3, 0.4) is 0 Å². The monoisotopic (exact) mass is 337 g/mol. The molecule has 2 N–H and O–H groups in total. The van der Waals surface area contributed by atoms with Crippen LogP contribution in [0.25, 0.3) is 0 Å². The number of hydrogen-bond acceptors (Lipinski definition) is 3. The van der Waals surface area contributed by atoms with E-state index < -0.39 is 6.10 Å². The van der Waals surface area contributed by atoms with E-state index in [-0.39, 0.29) is 11.9 Å². The van der Waals surface area contributed by atoms with Gasteiger partial charge in [0.15, 0.2) is 6.10 Å². The molecule has 5 nitrogen and oxygen atoms in total. The molecule has 0 fully saturated rings. The average Bonchev–Trinajstić information content (AvgIpc) is 2.95. The van der Waals surface area contributed by atoms with Crippen molar-refractivity contribution in [1.29, 1.82) is 0 Å². The maximum Gasteiger partial charge on any atom is 0.261 e. The molecule has 0 saturated heterocycles. The number of halogens is 1. The molecule has 0 aliphatic carbocycles. The lowest BCUT2D eigenvalue weighted by Crippen LogP contribution is -2.38. The van der Waals surface area contributed by atoms with E-state index in [1.54, 1.807) is 19.3 Å². The number of rotatable bonds is 5. The lowest BCUT2D eigenvalue weighted by Gasteiger charge is -2.17. The van der Waals surface area contributed by atoms with Crippen molar-refractivity contribution in [1.82, 2.24) is 15.3 Å². The number of nitrogens with one attached hydrogen (secondary N) is 2. The number of H-pyrrole nitrogens is 1. The Morgan fingerprint density at radius 3 is 2.65 bits per heavy atom. The maximum atomic E-state index is 12.0. The molecule has 1 aromatic carbocycles. The van der Waals surface area contributed by atoms with Gasteiger partial charge in [-0.05, 0) is 38.1 Å². The predicted octanol–water partition coefficient (Wildman–Crippen LogP) is 2.82. The van der Waals surface area contributed by atoms with Crippen molar-refractivity contribution in [3.63, 3.8) is 0 Å².